The lowest BCUT2D eigenvalue weighted by molar-refractivity contribution is 0.0696. The topological polar surface area (TPSA) is 68.0 Å². The van der Waals surface area contributed by atoms with E-state index in [0.29, 0.717) is 11.3 Å². The fourth-order valence-electron chi connectivity index (χ4n) is 1.83. The van der Waals surface area contributed by atoms with Crippen LogP contribution >= 0.6 is 0 Å². The van der Waals surface area contributed by atoms with Crippen molar-refractivity contribution in [2.75, 3.05) is 0 Å². The Bertz CT molecular complexity index is 701. The first-order valence-corrected chi connectivity index (χ1v) is 5.39. The minimum absolute atomic E-state index is 0.213. The lowest BCUT2D eigenvalue weighted by Gasteiger charge is -2.04. The molecule has 0 radical (unpaired) electrons. The fraction of sp³-hybridized carbons (Fsp3) is 0. The zero-order valence-electron chi connectivity index (χ0n) is 9.32. The lowest BCUT2D eigenvalue weighted by atomic mass is 10.2. The molecule has 0 atom stereocenters. The monoisotopic (exact) mass is 239 g/mol. The quantitative estimate of drug-likeness (QED) is 0.743. The second-order valence-electron chi connectivity index (χ2n) is 3.81. The van der Waals surface area contributed by atoms with Crippen LogP contribution in [0.5, 0.6) is 0 Å². The normalized spacial score (nSPS) is 10.7. The number of carboxylic acids is 1. The zero-order valence-corrected chi connectivity index (χ0v) is 9.32. The maximum atomic E-state index is 11.2. The van der Waals surface area contributed by atoms with Gasteiger partial charge in [-0.15, -0.1) is 5.10 Å². The Morgan fingerprint density at radius 3 is 2.78 bits per heavy atom. The third-order valence-corrected chi connectivity index (χ3v) is 2.66. The number of carboxylic acid groups (broad SMARTS) is 1. The second-order valence-corrected chi connectivity index (χ2v) is 3.81. The molecule has 0 unspecified atom stereocenters. The number of aromatic nitrogens is 3. The van der Waals surface area contributed by atoms with Gasteiger partial charge in [-0.1, -0.05) is 12.1 Å². The minimum Gasteiger partial charge on any atom is -0.478 e. The van der Waals surface area contributed by atoms with Crippen molar-refractivity contribution in [1.82, 2.24) is 14.8 Å². The van der Waals surface area contributed by atoms with E-state index in [-0.39, 0.29) is 5.56 Å². The van der Waals surface area contributed by atoms with Crippen LogP contribution in [0, 0.1) is 0 Å². The average molecular weight is 239 g/mol. The summed E-state index contributed by atoms with van der Waals surface area (Å²) >= 11 is 0. The number of rotatable bonds is 2. The zero-order chi connectivity index (χ0) is 12.5. The molecule has 3 aromatic rings. The molecule has 0 spiro atoms. The first-order valence-electron chi connectivity index (χ1n) is 5.39. The number of benzene rings is 1. The summed E-state index contributed by atoms with van der Waals surface area (Å²) in [5.74, 6) is -0.974. The number of hydrogen-bond donors (Lipinski definition) is 1. The van der Waals surface area contributed by atoms with Crippen molar-refractivity contribution in [3.63, 3.8) is 0 Å². The third kappa shape index (κ3) is 1.62. The highest BCUT2D eigenvalue weighted by Gasteiger charge is 2.12. The van der Waals surface area contributed by atoms with E-state index in [1.165, 1.54) is 0 Å². The Morgan fingerprint density at radius 1 is 1.17 bits per heavy atom. The molecule has 1 N–H and O–H groups in total. The van der Waals surface area contributed by atoms with Gasteiger partial charge in [-0.3, -0.25) is 0 Å². The molecular weight excluding hydrogens is 230 g/mol. The number of fused-ring (bicyclic) bond motifs is 1. The third-order valence-electron chi connectivity index (χ3n) is 2.66. The van der Waals surface area contributed by atoms with Crippen LogP contribution in [0.2, 0.25) is 0 Å². The molecule has 0 fully saturated rings. The molecule has 0 aliphatic carbocycles. The summed E-state index contributed by atoms with van der Waals surface area (Å²) in [4.78, 5) is 15.3. The highest BCUT2D eigenvalue weighted by atomic mass is 16.4. The van der Waals surface area contributed by atoms with Crippen LogP contribution in [-0.4, -0.2) is 25.8 Å². The van der Waals surface area contributed by atoms with Crippen molar-refractivity contribution in [2.45, 2.75) is 0 Å². The summed E-state index contributed by atoms with van der Waals surface area (Å²) < 4.78 is 1.54. The first kappa shape index (κ1) is 10.5. The number of para-hydroxylation sites is 1. The molecule has 2 heterocycles. The summed E-state index contributed by atoms with van der Waals surface area (Å²) in [5, 5.41) is 14.3. The van der Waals surface area contributed by atoms with Crippen LogP contribution in [0.15, 0.2) is 48.8 Å². The highest BCUT2D eigenvalue weighted by Crippen LogP contribution is 2.17. The Hall–Kier alpha value is -2.69. The smallest absolute Gasteiger partial charge is 0.337 e. The number of pyridine rings is 1. The average Bonchev–Trinajstić information content (AvgIpc) is 2.82. The summed E-state index contributed by atoms with van der Waals surface area (Å²) in [6.45, 7) is 0. The molecular formula is C13H9N3O2. The molecule has 5 nitrogen and oxygen atoms in total. The first-order chi connectivity index (χ1) is 8.75. The maximum Gasteiger partial charge on any atom is 0.337 e. The predicted octanol–water partition coefficient (Wildman–Crippen LogP) is 2.12. The number of aromatic carboxylic acids is 1. The fourth-order valence-corrected chi connectivity index (χ4v) is 1.83. The van der Waals surface area contributed by atoms with Crippen molar-refractivity contribution < 1.29 is 9.90 Å². The molecule has 0 aliphatic rings. The van der Waals surface area contributed by atoms with Crippen LogP contribution in [0.1, 0.15) is 10.4 Å². The maximum absolute atomic E-state index is 11.2. The molecule has 0 aliphatic heterocycles. The van der Waals surface area contributed by atoms with Gasteiger partial charge in [-0.05, 0) is 24.3 Å². The highest BCUT2D eigenvalue weighted by molar-refractivity contribution is 5.92. The van der Waals surface area contributed by atoms with E-state index < -0.39 is 5.97 Å². The van der Waals surface area contributed by atoms with Crippen molar-refractivity contribution >= 4 is 17.0 Å². The predicted molar refractivity (Wildman–Crippen MR) is 65.8 cm³/mol. The molecule has 1 aromatic carbocycles. The van der Waals surface area contributed by atoms with E-state index in [4.69, 9.17) is 5.11 Å². The number of carbonyl (C=O) groups is 1. The van der Waals surface area contributed by atoms with Crippen molar-refractivity contribution in [2.24, 2.45) is 0 Å². The van der Waals surface area contributed by atoms with Gasteiger partial charge in [0.05, 0.1) is 11.3 Å². The summed E-state index contributed by atoms with van der Waals surface area (Å²) in [5.41, 5.74) is 1.34. The summed E-state index contributed by atoms with van der Waals surface area (Å²) in [6, 6.07) is 10.4. The van der Waals surface area contributed by atoms with Gasteiger partial charge in [0.2, 0.25) is 0 Å². The van der Waals surface area contributed by atoms with Gasteiger partial charge in [0, 0.05) is 17.8 Å². The van der Waals surface area contributed by atoms with Crippen LogP contribution in [0.25, 0.3) is 16.7 Å². The number of nitrogens with zero attached hydrogens (tertiary/aromatic N) is 3. The Morgan fingerprint density at radius 2 is 2.00 bits per heavy atom. The minimum atomic E-state index is -0.974. The molecule has 3 rings (SSSR count). The van der Waals surface area contributed by atoms with E-state index in [0.717, 1.165) is 5.39 Å². The number of hydrogen-bond acceptors (Lipinski definition) is 3. The standard InChI is InChI=1S/C13H9N3O2/c17-13(18)10-5-1-2-6-11(10)16-8-9-4-3-7-14-12(9)15-16/h1-8H,(H,17,18). The van der Waals surface area contributed by atoms with E-state index in [2.05, 4.69) is 10.1 Å². The van der Waals surface area contributed by atoms with Crippen LogP contribution in [0.4, 0.5) is 0 Å². The van der Waals surface area contributed by atoms with Crippen molar-refractivity contribution in [3.8, 4) is 5.69 Å². The largest absolute Gasteiger partial charge is 0.478 e. The van der Waals surface area contributed by atoms with Gasteiger partial charge in [-0.25, -0.2) is 14.5 Å². The molecule has 2 aromatic heterocycles. The van der Waals surface area contributed by atoms with Gasteiger partial charge in [0.25, 0.3) is 0 Å². The van der Waals surface area contributed by atoms with E-state index in [1.807, 2.05) is 12.1 Å². The van der Waals surface area contributed by atoms with Gasteiger partial charge in [0.15, 0.2) is 5.65 Å². The van der Waals surface area contributed by atoms with Gasteiger partial charge < -0.3 is 5.11 Å². The van der Waals surface area contributed by atoms with E-state index in [9.17, 15) is 4.79 Å². The molecule has 88 valence electrons. The molecule has 0 saturated heterocycles. The molecule has 0 bridgehead atoms. The van der Waals surface area contributed by atoms with Crippen LogP contribution in [0.3, 0.4) is 0 Å². The molecule has 18 heavy (non-hydrogen) atoms. The molecule has 5 heteroatoms. The van der Waals surface area contributed by atoms with Crippen LogP contribution < -0.4 is 0 Å². The van der Waals surface area contributed by atoms with Gasteiger partial charge in [0.1, 0.15) is 0 Å². The second kappa shape index (κ2) is 3.96. The van der Waals surface area contributed by atoms with Crippen LogP contribution in [-0.2, 0) is 0 Å². The molecule has 0 amide bonds. The summed E-state index contributed by atoms with van der Waals surface area (Å²) in [7, 11) is 0. The SMILES string of the molecule is O=C(O)c1ccccc1-n1cc2cccnc2n1. The van der Waals surface area contributed by atoms with Gasteiger partial charge in [-0.2, -0.15) is 0 Å². The van der Waals surface area contributed by atoms with Crippen molar-refractivity contribution in [3.05, 3.63) is 54.4 Å². The van der Waals surface area contributed by atoms with E-state index in [1.54, 1.807) is 41.3 Å². The Labute approximate surface area is 102 Å². The van der Waals surface area contributed by atoms with Gasteiger partial charge >= 0.3 is 5.97 Å². The Kier molecular flexibility index (Phi) is 2.30. The van der Waals surface area contributed by atoms with E-state index >= 15 is 0 Å². The van der Waals surface area contributed by atoms with Crippen molar-refractivity contribution in [1.29, 1.82) is 0 Å². The molecule has 0 saturated carbocycles. The summed E-state index contributed by atoms with van der Waals surface area (Å²) in [6.07, 6.45) is 3.42. The lowest BCUT2D eigenvalue weighted by Crippen LogP contribution is -2.05. The Balaban J connectivity index is 2.23.